The van der Waals surface area contributed by atoms with Crippen molar-refractivity contribution in [3.8, 4) is 11.8 Å². The van der Waals surface area contributed by atoms with Crippen molar-refractivity contribution in [1.82, 2.24) is 4.90 Å². The van der Waals surface area contributed by atoms with Crippen LogP contribution in [0.2, 0.25) is 0 Å². The largest absolute Gasteiger partial charge is 0.475 e. The Kier molecular flexibility index (Phi) is 5.67. The number of hydrogen-bond acceptors (Lipinski definition) is 6. The van der Waals surface area contributed by atoms with E-state index in [1.54, 1.807) is 0 Å². The van der Waals surface area contributed by atoms with E-state index in [4.69, 9.17) is 14.2 Å². The third-order valence-electron chi connectivity index (χ3n) is 4.90. The second-order valence-corrected chi connectivity index (χ2v) is 7.46. The molecule has 6 nitrogen and oxygen atoms in total. The molecule has 1 aromatic rings. The minimum atomic E-state index is -0.938. The lowest BCUT2D eigenvalue weighted by Gasteiger charge is -2.37. The standard InChI is InChI=1S/C22H26N2O4/c1-15(2)3-4-16-5-6-19-17(11-16)7-8-24-20(19)12-21(23-22(24)25)28-14-18-13-26-9-10-27-18/h5-6,11-12,15,18,22,25H,7-10,13-14H2,1-2H3/t18-,22?/m0/s1. The first-order chi connectivity index (χ1) is 13.6. The van der Waals surface area contributed by atoms with E-state index in [2.05, 4.69) is 42.8 Å². The maximum absolute atomic E-state index is 10.5. The van der Waals surface area contributed by atoms with Crippen LogP contribution in [0.3, 0.4) is 0 Å². The first-order valence-electron chi connectivity index (χ1n) is 9.81. The number of benzene rings is 1. The smallest absolute Gasteiger partial charge is 0.229 e. The van der Waals surface area contributed by atoms with E-state index in [0.29, 0.717) is 44.8 Å². The fraction of sp³-hybridized carbons (Fsp3) is 0.500. The average Bonchev–Trinajstić information content (AvgIpc) is 2.71. The molecule has 0 bridgehead atoms. The Morgan fingerprint density at radius 1 is 1.36 bits per heavy atom. The van der Waals surface area contributed by atoms with E-state index >= 15 is 0 Å². The molecule has 1 saturated heterocycles. The number of fused-ring (bicyclic) bond motifs is 3. The van der Waals surface area contributed by atoms with Crippen LogP contribution >= 0.6 is 0 Å². The van der Waals surface area contributed by atoms with Crippen LogP contribution in [-0.2, 0) is 20.6 Å². The number of aliphatic hydroxyl groups is 1. The summed E-state index contributed by atoms with van der Waals surface area (Å²) in [5.41, 5.74) is 4.28. The lowest BCUT2D eigenvalue weighted by Crippen LogP contribution is -2.41. The molecule has 3 aliphatic heterocycles. The van der Waals surface area contributed by atoms with Gasteiger partial charge in [0.15, 0.2) is 0 Å². The quantitative estimate of drug-likeness (QED) is 0.793. The van der Waals surface area contributed by atoms with Gasteiger partial charge >= 0.3 is 0 Å². The lowest BCUT2D eigenvalue weighted by atomic mass is 9.93. The third-order valence-corrected chi connectivity index (χ3v) is 4.90. The predicted octanol–water partition coefficient (Wildman–Crippen LogP) is 2.01. The summed E-state index contributed by atoms with van der Waals surface area (Å²) >= 11 is 0. The van der Waals surface area contributed by atoms with Crippen molar-refractivity contribution in [2.45, 2.75) is 32.7 Å². The van der Waals surface area contributed by atoms with Gasteiger partial charge in [0, 0.05) is 29.7 Å². The van der Waals surface area contributed by atoms with Crippen molar-refractivity contribution in [2.75, 3.05) is 33.0 Å². The second kappa shape index (κ2) is 8.36. The first kappa shape index (κ1) is 19.0. The number of aliphatic imine (C=N–C) groups is 1. The minimum absolute atomic E-state index is 0.106. The number of nitrogens with zero attached hydrogens (tertiary/aromatic N) is 2. The number of aliphatic hydroxyl groups excluding tert-OH is 1. The summed E-state index contributed by atoms with van der Waals surface area (Å²) in [7, 11) is 0. The molecule has 0 aromatic heterocycles. The van der Waals surface area contributed by atoms with Gasteiger partial charge in [-0.05, 0) is 24.1 Å². The highest BCUT2D eigenvalue weighted by atomic mass is 16.6. The van der Waals surface area contributed by atoms with Crippen molar-refractivity contribution < 1.29 is 19.3 Å². The Bertz CT molecular complexity index is 844. The average molecular weight is 382 g/mol. The van der Waals surface area contributed by atoms with Gasteiger partial charge in [0.05, 0.1) is 25.5 Å². The fourth-order valence-electron chi connectivity index (χ4n) is 3.50. The molecule has 2 atom stereocenters. The zero-order chi connectivity index (χ0) is 19.5. The molecular weight excluding hydrogens is 356 g/mol. The fourth-order valence-corrected chi connectivity index (χ4v) is 3.50. The van der Waals surface area contributed by atoms with E-state index in [1.165, 1.54) is 5.56 Å². The number of rotatable bonds is 2. The zero-order valence-corrected chi connectivity index (χ0v) is 16.4. The highest BCUT2D eigenvalue weighted by Crippen LogP contribution is 2.33. The maximum Gasteiger partial charge on any atom is 0.229 e. The van der Waals surface area contributed by atoms with Gasteiger partial charge in [0.25, 0.3) is 0 Å². The summed E-state index contributed by atoms with van der Waals surface area (Å²) in [6.45, 7) is 6.94. The number of ether oxygens (including phenoxy) is 3. The molecule has 148 valence electrons. The summed E-state index contributed by atoms with van der Waals surface area (Å²) in [4.78, 5) is 6.17. The summed E-state index contributed by atoms with van der Waals surface area (Å²) in [5, 5.41) is 10.5. The van der Waals surface area contributed by atoms with Gasteiger partial charge in [-0.25, -0.2) is 0 Å². The summed E-state index contributed by atoms with van der Waals surface area (Å²) in [5.74, 6) is 7.21. The molecule has 0 aliphatic carbocycles. The van der Waals surface area contributed by atoms with Crippen molar-refractivity contribution in [1.29, 1.82) is 0 Å². The Morgan fingerprint density at radius 2 is 2.25 bits per heavy atom. The van der Waals surface area contributed by atoms with Gasteiger partial charge < -0.3 is 24.2 Å². The van der Waals surface area contributed by atoms with Crippen molar-refractivity contribution >= 4 is 11.6 Å². The minimum Gasteiger partial charge on any atom is -0.475 e. The Labute approximate surface area is 165 Å². The molecule has 0 amide bonds. The normalized spacial score (nSPS) is 23.8. The molecule has 1 aromatic carbocycles. The van der Waals surface area contributed by atoms with Crippen LogP contribution < -0.4 is 0 Å². The maximum atomic E-state index is 10.5. The summed E-state index contributed by atoms with van der Waals surface area (Å²) in [6.07, 6.45) is 1.70. The highest BCUT2D eigenvalue weighted by Gasteiger charge is 2.30. The molecule has 1 unspecified atom stereocenters. The van der Waals surface area contributed by atoms with Gasteiger partial charge in [-0.2, -0.15) is 4.99 Å². The molecule has 6 heteroatoms. The van der Waals surface area contributed by atoms with E-state index in [1.807, 2.05) is 17.0 Å². The molecule has 3 heterocycles. The van der Waals surface area contributed by atoms with Crippen molar-refractivity contribution in [3.05, 3.63) is 41.0 Å². The SMILES string of the molecule is CC(C)C#Cc1ccc2c(c1)CCN1C2=CC(OC[C@@H]2COCCO2)=NC1O. The molecular formula is C22H26N2O4. The zero-order valence-electron chi connectivity index (χ0n) is 16.4. The molecule has 28 heavy (non-hydrogen) atoms. The molecule has 1 N–H and O–H groups in total. The topological polar surface area (TPSA) is 63.5 Å². The monoisotopic (exact) mass is 382 g/mol. The van der Waals surface area contributed by atoms with Crippen LogP contribution in [0.25, 0.3) is 5.70 Å². The number of hydrogen-bond donors (Lipinski definition) is 1. The van der Waals surface area contributed by atoms with E-state index in [-0.39, 0.29) is 6.10 Å². The van der Waals surface area contributed by atoms with Crippen LogP contribution in [0, 0.1) is 17.8 Å². The Morgan fingerprint density at radius 3 is 3.04 bits per heavy atom. The van der Waals surface area contributed by atoms with Crippen LogP contribution in [0.4, 0.5) is 0 Å². The molecule has 0 saturated carbocycles. The molecule has 1 fully saturated rings. The van der Waals surface area contributed by atoms with E-state index < -0.39 is 6.35 Å². The van der Waals surface area contributed by atoms with Crippen molar-refractivity contribution in [3.63, 3.8) is 0 Å². The first-order valence-corrected chi connectivity index (χ1v) is 9.81. The molecule has 0 spiro atoms. The summed E-state index contributed by atoms with van der Waals surface area (Å²) in [6, 6.07) is 6.25. The Hall–Kier alpha value is -2.33. The van der Waals surface area contributed by atoms with E-state index in [9.17, 15) is 5.11 Å². The highest BCUT2D eigenvalue weighted by molar-refractivity contribution is 5.97. The Balaban J connectivity index is 1.53. The predicted molar refractivity (Wildman–Crippen MR) is 106 cm³/mol. The van der Waals surface area contributed by atoms with Gasteiger partial charge in [-0.3, -0.25) is 0 Å². The van der Waals surface area contributed by atoms with Crippen LogP contribution in [0.1, 0.15) is 30.5 Å². The molecule has 0 radical (unpaired) electrons. The molecule has 3 aliphatic rings. The summed E-state index contributed by atoms with van der Waals surface area (Å²) < 4.78 is 16.8. The molecule has 4 rings (SSSR count). The van der Waals surface area contributed by atoms with Crippen LogP contribution in [-0.4, -0.2) is 61.3 Å². The van der Waals surface area contributed by atoms with Gasteiger partial charge in [-0.15, -0.1) is 0 Å². The van der Waals surface area contributed by atoms with Gasteiger partial charge in [0.2, 0.25) is 12.2 Å². The van der Waals surface area contributed by atoms with Gasteiger partial charge in [-0.1, -0.05) is 31.8 Å². The lowest BCUT2D eigenvalue weighted by molar-refractivity contribution is -0.103. The third kappa shape index (κ3) is 4.22. The second-order valence-electron chi connectivity index (χ2n) is 7.46. The van der Waals surface area contributed by atoms with Crippen LogP contribution in [0.5, 0.6) is 0 Å². The van der Waals surface area contributed by atoms with Crippen molar-refractivity contribution in [2.24, 2.45) is 10.9 Å². The van der Waals surface area contributed by atoms with E-state index in [0.717, 1.165) is 23.2 Å². The van der Waals surface area contributed by atoms with Gasteiger partial charge in [0.1, 0.15) is 12.7 Å². The van der Waals surface area contributed by atoms with Crippen LogP contribution in [0.15, 0.2) is 29.3 Å².